The molecule has 0 aliphatic heterocycles. The molecule has 1 atom stereocenters. The van der Waals surface area contributed by atoms with Crippen molar-refractivity contribution in [2.45, 2.75) is 17.9 Å². The van der Waals surface area contributed by atoms with Gasteiger partial charge in [-0.3, -0.25) is 0 Å². The van der Waals surface area contributed by atoms with Gasteiger partial charge >= 0.3 is 0 Å². The van der Waals surface area contributed by atoms with Gasteiger partial charge in [-0.05, 0) is 35.0 Å². The number of rotatable bonds is 4. The molecule has 1 rings (SSSR count). The molecule has 0 aliphatic rings. The molecule has 4 nitrogen and oxygen atoms in total. The van der Waals surface area contributed by atoms with Gasteiger partial charge in [0.1, 0.15) is 4.90 Å². The third-order valence-corrected chi connectivity index (χ3v) is 5.14. The molecule has 0 spiro atoms. The molecule has 0 aromatic heterocycles. The van der Waals surface area contributed by atoms with Crippen molar-refractivity contribution < 1.29 is 12.8 Å². The van der Waals surface area contributed by atoms with Crippen LogP contribution in [0.2, 0.25) is 0 Å². The van der Waals surface area contributed by atoms with Crippen LogP contribution in [0.15, 0.2) is 27.6 Å². The Bertz CT molecular complexity index is 507. The van der Waals surface area contributed by atoms with Gasteiger partial charge in [-0.2, -0.15) is 4.31 Å². The molecule has 0 radical (unpaired) electrons. The minimum absolute atomic E-state index is 0.118. The van der Waals surface area contributed by atoms with Crippen molar-refractivity contribution in [2.75, 3.05) is 13.6 Å². The van der Waals surface area contributed by atoms with E-state index in [-0.39, 0.29) is 15.9 Å². The lowest BCUT2D eigenvalue weighted by molar-refractivity contribution is 0.391. The zero-order valence-corrected chi connectivity index (χ0v) is 11.9. The number of hydrogen-bond acceptors (Lipinski definition) is 3. The van der Waals surface area contributed by atoms with Gasteiger partial charge in [0.2, 0.25) is 10.0 Å². The van der Waals surface area contributed by atoms with Crippen molar-refractivity contribution in [1.29, 1.82) is 0 Å². The van der Waals surface area contributed by atoms with Gasteiger partial charge in [0.05, 0.1) is 4.47 Å². The predicted molar refractivity (Wildman–Crippen MR) is 67.6 cm³/mol. The van der Waals surface area contributed by atoms with E-state index in [1.54, 1.807) is 6.92 Å². The summed E-state index contributed by atoms with van der Waals surface area (Å²) in [7, 11) is -2.47. The van der Waals surface area contributed by atoms with E-state index in [0.29, 0.717) is 0 Å². The van der Waals surface area contributed by atoms with E-state index >= 15 is 0 Å². The maximum absolute atomic E-state index is 13.7. The standard InChI is InChI=1S/C10H14BrFN2O2S/c1-7(6-13)14(2)17(15,16)9-5-3-4-8(11)10(9)12/h3-5,7H,6,13H2,1-2H3. The second kappa shape index (κ2) is 5.43. The highest BCUT2D eigenvalue weighted by molar-refractivity contribution is 9.10. The van der Waals surface area contributed by atoms with Crippen LogP contribution in [0.4, 0.5) is 4.39 Å². The molecule has 0 saturated heterocycles. The lowest BCUT2D eigenvalue weighted by atomic mass is 10.3. The van der Waals surface area contributed by atoms with Crippen LogP contribution in [-0.4, -0.2) is 32.4 Å². The molecule has 1 aromatic carbocycles. The molecule has 96 valence electrons. The highest BCUT2D eigenvalue weighted by Crippen LogP contribution is 2.25. The SMILES string of the molecule is CC(CN)N(C)S(=O)(=O)c1cccc(Br)c1F. The molecule has 2 N–H and O–H groups in total. The second-order valence-corrected chi connectivity index (χ2v) is 6.48. The average Bonchev–Trinajstić information content (AvgIpc) is 2.30. The van der Waals surface area contributed by atoms with Crippen molar-refractivity contribution in [3.05, 3.63) is 28.5 Å². The second-order valence-electron chi connectivity index (χ2n) is 3.66. The zero-order chi connectivity index (χ0) is 13.2. The minimum atomic E-state index is -3.86. The highest BCUT2D eigenvalue weighted by atomic mass is 79.9. The molecule has 0 aliphatic carbocycles. The van der Waals surface area contributed by atoms with Crippen LogP contribution in [0.3, 0.4) is 0 Å². The van der Waals surface area contributed by atoms with Crippen LogP contribution < -0.4 is 5.73 Å². The molecule has 7 heteroatoms. The molecular weight excluding hydrogens is 311 g/mol. The lowest BCUT2D eigenvalue weighted by Crippen LogP contribution is -2.40. The number of benzene rings is 1. The normalized spacial score (nSPS) is 14.0. The Balaban J connectivity index is 3.27. The highest BCUT2D eigenvalue weighted by Gasteiger charge is 2.28. The molecule has 0 bridgehead atoms. The van der Waals surface area contributed by atoms with Gasteiger partial charge < -0.3 is 5.73 Å². The fourth-order valence-corrected chi connectivity index (χ4v) is 3.18. The summed E-state index contributed by atoms with van der Waals surface area (Å²) in [6.45, 7) is 1.83. The quantitative estimate of drug-likeness (QED) is 0.914. The molecule has 0 heterocycles. The van der Waals surface area contributed by atoms with Crippen molar-refractivity contribution in [2.24, 2.45) is 5.73 Å². The summed E-state index contributed by atoms with van der Waals surface area (Å²) < 4.78 is 39.2. The summed E-state index contributed by atoms with van der Waals surface area (Å²) in [5.41, 5.74) is 5.41. The molecular formula is C10H14BrFN2O2S. The van der Waals surface area contributed by atoms with E-state index in [1.165, 1.54) is 25.2 Å². The van der Waals surface area contributed by atoms with Crippen molar-refractivity contribution in [3.63, 3.8) is 0 Å². The Hall–Kier alpha value is -0.500. The van der Waals surface area contributed by atoms with Crippen LogP contribution in [0.1, 0.15) is 6.92 Å². The van der Waals surface area contributed by atoms with Crippen molar-refractivity contribution in [3.8, 4) is 0 Å². The Morgan fingerprint density at radius 1 is 1.53 bits per heavy atom. The third kappa shape index (κ3) is 2.85. The van der Waals surface area contributed by atoms with Gasteiger partial charge in [0.15, 0.2) is 5.82 Å². The largest absolute Gasteiger partial charge is 0.329 e. The minimum Gasteiger partial charge on any atom is -0.329 e. The number of nitrogens with zero attached hydrogens (tertiary/aromatic N) is 1. The van der Waals surface area contributed by atoms with Crippen molar-refractivity contribution in [1.82, 2.24) is 4.31 Å². The lowest BCUT2D eigenvalue weighted by Gasteiger charge is -2.23. The van der Waals surface area contributed by atoms with E-state index < -0.39 is 21.9 Å². The average molecular weight is 325 g/mol. The summed E-state index contributed by atoms with van der Waals surface area (Å²) >= 11 is 2.96. The van der Waals surface area contributed by atoms with Gasteiger partial charge in [0.25, 0.3) is 0 Å². The van der Waals surface area contributed by atoms with Crippen LogP contribution >= 0.6 is 15.9 Å². The number of nitrogens with two attached hydrogens (primary N) is 1. The molecule has 1 aromatic rings. The smallest absolute Gasteiger partial charge is 0.246 e. The maximum Gasteiger partial charge on any atom is 0.246 e. The monoisotopic (exact) mass is 324 g/mol. The summed E-state index contributed by atoms with van der Waals surface area (Å²) in [5.74, 6) is -0.788. The van der Waals surface area contributed by atoms with Crippen molar-refractivity contribution >= 4 is 26.0 Å². The van der Waals surface area contributed by atoms with Crippen LogP contribution in [0.25, 0.3) is 0 Å². The third-order valence-electron chi connectivity index (χ3n) is 2.54. The first kappa shape index (κ1) is 14.6. The summed E-state index contributed by atoms with van der Waals surface area (Å²) in [4.78, 5) is -0.352. The molecule has 0 amide bonds. The predicted octanol–water partition coefficient (Wildman–Crippen LogP) is 1.56. The van der Waals surface area contributed by atoms with E-state index in [2.05, 4.69) is 15.9 Å². The Morgan fingerprint density at radius 2 is 2.12 bits per heavy atom. The molecule has 0 saturated carbocycles. The van der Waals surface area contributed by atoms with Gasteiger partial charge in [-0.1, -0.05) is 6.07 Å². The van der Waals surface area contributed by atoms with E-state index in [1.807, 2.05) is 0 Å². The molecule has 0 fully saturated rings. The topological polar surface area (TPSA) is 63.4 Å². The van der Waals surface area contributed by atoms with Gasteiger partial charge in [-0.15, -0.1) is 0 Å². The first-order valence-corrected chi connectivity index (χ1v) is 7.17. The van der Waals surface area contributed by atoms with E-state index in [0.717, 1.165) is 4.31 Å². The summed E-state index contributed by atoms with van der Waals surface area (Å²) in [6, 6.07) is 3.76. The maximum atomic E-state index is 13.7. The van der Waals surface area contributed by atoms with E-state index in [9.17, 15) is 12.8 Å². The fraction of sp³-hybridized carbons (Fsp3) is 0.400. The first-order valence-electron chi connectivity index (χ1n) is 4.94. The summed E-state index contributed by atoms with van der Waals surface area (Å²) in [6.07, 6.45) is 0. The van der Waals surface area contributed by atoms with Crippen LogP contribution in [0, 0.1) is 5.82 Å². The van der Waals surface area contributed by atoms with E-state index in [4.69, 9.17) is 5.73 Å². The fourth-order valence-electron chi connectivity index (χ4n) is 1.22. The zero-order valence-electron chi connectivity index (χ0n) is 9.52. The molecule has 1 unspecified atom stereocenters. The first-order chi connectivity index (χ1) is 7.82. The Kier molecular flexibility index (Phi) is 4.65. The number of likely N-dealkylation sites (N-methyl/N-ethyl adjacent to an activating group) is 1. The Labute approximate surface area is 109 Å². The van der Waals surface area contributed by atoms with Gasteiger partial charge in [-0.25, -0.2) is 12.8 Å². The summed E-state index contributed by atoms with van der Waals surface area (Å²) in [5, 5.41) is 0. The number of halogens is 2. The number of sulfonamides is 1. The molecule has 17 heavy (non-hydrogen) atoms. The van der Waals surface area contributed by atoms with Gasteiger partial charge in [0, 0.05) is 19.6 Å². The van der Waals surface area contributed by atoms with Crippen LogP contribution in [-0.2, 0) is 10.0 Å². The van der Waals surface area contributed by atoms with Crippen LogP contribution in [0.5, 0.6) is 0 Å². The number of hydrogen-bond donors (Lipinski definition) is 1. The Morgan fingerprint density at radius 3 is 2.65 bits per heavy atom.